The lowest BCUT2D eigenvalue weighted by Gasteiger charge is -2.38. The zero-order valence-electron chi connectivity index (χ0n) is 7.49. The molecule has 0 aromatic heterocycles. The van der Waals surface area contributed by atoms with Crippen LogP contribution in [0.1, 0.15) is 19.8 Å². The predicted molar refractivity (Wildman–Crippen MR) is 42.3 cm³/mol. The fraction of sp³-hybridized carbons (Fsp3) is 1.00. The first kappa shape index (κ1) is 10.8. The molecule has 0 bridgehead atoms. The molecule has 0 aromatic carbocycles. The summed E-state index contributed by atoms with van der Waals surface area (Å²) in [5, 5.41) is 12.1. The summed E-state index contributed by atoms with van der Waals surface area (Å²) < 4.78 is 36.6. The van der Waals surface area contributed by atoms with Crippen LogP contribution in [0.2, 0.25) is 0 Å². The molecule has 2 nitrogen and oxygen atoms in total. The van der Waals surface area contributed by atoms with E-state index in [4.69, 9.17) is 5.11 Å². The molecule has 0 aliphatic carbocycles. The molecule has 1 atom stereocenters. The molecule has 1 unspecified atom stereocenters. The Morgan fingerprint density at radius 1 is 1.31 bits per heavy atom. The minimum atomic E-state index is -4.49. The van der Waals surface area contributed by atoms with Crippen molar-refractivity contribution in [2.45, 2.75) is 32.0 Å². The number of rotatable bonds is 1. The van der Waals surface area contributed by atoms with E-state index in [1.165, 1.54) is 6.92 Å². The summed E-state index contributed by atoms with van der Waals surface area (Å²) in [6.45, 7) is 2.58. The standard InChI is InChI=1S/C8H14F3NO/c1-7(2-4-12-5-3-7)6(13)8(9,10)11/h6,12-13H,2-5H2,1H3. The number of aliphatic hydroxyl groups is 1. The van der Waals surface area contributed by atoms with Gasteiger partial charge in [0.15, 0.2) is 6.10 Å². The molecule has 0 spiro atoms. The quantitative estimate of drug-likeness (QED) is 0.664. The molecule has 1 aliphatic heterocycles. The first-order valence-corrected chi connectivity index (χ1v) is 4.32. The molecule has 78 valence electrons. The van der Waals surface area contributed by atoms with Crippen molar-refractivity contribution in [2.75, 3.05) is 13.1 Å². The number of piperidine rings is 1. The van der Waals surface area contributed by atoms with Gasteiger partial charge in [-0.3, -0.25) is 0 Å². The summed E-state index contributed by atoms with van der Waals surface area (Å²) in [4.78, 5) is 0. The van der Waals surface area contributed by atoms with Crippen molar-refractivity contribution in [1.82, 2.24) is 5.32 Å². The highest BCUT2D eigenvalue weighted by molar-refractivity contribution is 4.90. The Morgan fingerprint density at radius 2 is 1.77 bits per heavy atom. The monoisotopic (exact) mass is 197 g/mol. The molecule has 0 aromatic rings. The summed E-state index contributed by atoms with van der Waals surface area (Å²) in [5.74, 6) is 0. The number of aliphatic hydroxyl groups excluding tert-OH is 1. The molecule has 0 saturated carbocycles. The van der Waals surface area contributed by atoms with Crippen molar-refractivity contribution in [3.05, 3.63) is 0 Å². The van der Waals surface area contributed by atoms with Gasteiger partial charge in [0.1, 0.15) is 0 Å². The Labute approximate surface area is 75.1 Å². The average Bonchev–Trinajstić information content (AvgIpc) is 2.03. The van der Waals surface area contributed by atoms with Gasteiger partial charge in [-0.05, 0) is 25.9 Å². The van der Waals surface area contributed by atoms with Gasteiger partial charge >= 0.3 is 6.18 Å². The number of hydrogen-bond acceptors (Lipinski definition) is 2. The third-order valence-corrected chi connectivity index (χ3v) is 2.72. The van der Waals surface area contributed by atoms with Crippen LogP contribution in [0.3, 0.4) is 0 Å². The largest absolute Gasteiger partial charge is 0.414 e. The van der Waals surface area contributed by atoms with E-state index in [9.17, 15) is 13.2 Å². The summed E-state index contributed by atoms with van der Waals surface area (Å²) in [5.41, 5.74) is -1.01. The molecule has 1 fully saturated rings. The molecular formula is C8H14F3NO. The fourth-order valence-corrected chi connectivity index (χ4v) is 1.67. The highest BCUT2D eigenvalue weighted by atomic mass is 19.4. The van der Waals surface area contributed by atoms with E-state index >= 15 is 0 Å². The maximum atomic E-state index is 12.2. The summed E-state index contributed by atoms with van der Waals surface area (Å²) in [6, 6.07) is 0. The molecule has 13 heavy (non-hydrogen) atoms. The van der Waals surface area contributed by atoms with Gasteiger partial charge in [0, 0.05) is 5.41 Å². The van der Waals surface area contributed by atoms with Crippen LogP contribution in [0.15, 0.2) is 0 Å². The van der Waals surface area contributed by atoms with E-state index in [0.29, 0.717) is 25.9 Å². The molecule has 0 amide bonds. The smallest absolute Gasteiger partial charge is 0.383 e. The Bertz CT molecular complexity index is 175. The Morgan fingerprint density at radius 3 is 2.15 bits per heavy atom. The third kappa shape index (κ3) is 2.34. The Kier molecular flexibility index (Phi) is 2.87. The lowest BCUT2D eigenvalue weighted by atomic mass is 9.76. The molecule has 1 rings (SSSR count). The van der Waals surface area contributed by atoms with Gasteiger partial charge in [0.2, 0.25) is 0 Å². The van der Waals surface area contributed by atoms with Crippen molar-refractivity contribution in [3.8, 4) is 0 Å². The second kappa shape index (κ2) is 3.46. The minimum absolute atomic E-state index is 0.369. The molecule has 2 N–H and O–H groups in total. The second-order valence-corrected chi connectivity index (χ2v) is 3.85. The van der Waals surface area contributed by atoms with Gasteiger partial charge in [0.05, 0.1) is 0 Å². The molecular weight excluding hydrogens is 183 g/mol. The summed E-state index contributed by atoms with van der Waals surface area (Å²) in [6.07, 6.45) is -5.95. The molecule has 5 heteroatoms. The van der Waals surface area contributed by atoms with Gasteiger partial charge in [-0.2, -0.15) is 13.2 Å². The van der Waals surface area contributed by atoms with E-state index < -0.39 is 17.7 Å². The molecule has 1 saturated heterocycles. The van der Waals surface area contributed by atoms with Crippen LogP contribution in [-0.4, -0.2) is 30.5 Å². The highest BCUT2D eigenvalue weighted by Gasteiger charge is 2.50. The summed E-state index contributed by atoms with van der Waals surface area (Å²) >= 11 is 0. The van der Waals surface area contributed by atoms with Crippen molar-refractivity contribution in [2.24, 2.45) is 5.41 Å². The number of nitrogens with one attached hydrogen (secondary N) is 1. The van der Waals surface area contributed by atoms with E-state index in [0.717, 1.165) is 0 Å². The van der Waals surface area contributed by atoms with Gasteiger partial charge < -0.3 is 10.4 Å². The first-order valence-electron chi connectivity index (χ1n) is 4.32. The van der Waals surface area contributed by atoms with Crippen LogP contribution in [0, 0.1) is 5.41 Å². The molecule has 1 heterocycles. The summed E-state index contributed by atoms with van der Waals surface area (Å²) in [7, 11) is 0. The SMILES string of the molecule is CC1(C(O)C(F)(F)F)CCNCC1. The maximum absolute atomic E-state index is 12.2. The normalized spacial score (nSPS) is 25.6. The fourth-order valence-electron chi connectivity index (χ4n) is 1.67. The predicted octanol–water partition coefficient (Wildman–Crippen LogP) is 1.30. The maximum Gasteiger partial charge on any atom is 0.414 e. The van der Waals surface area contributed by atoms with Crippen LogP contribution < -0.4 is 5.32 Å². The zero-order valence-corrected chi connectivity index (χ0v) is 7.49. The average molecular weight is 197 g/mol. The van der Waals surface area contributed by atoms with Crippen molar-refractivity contribution >= 4 is 0 Å². The van der Waals surface area contributed by atoms with Gasteiger partial charge in [0.25, 0.3) is 0 Å². The van der Waals surface area contributed by atoms with Crippen molar-refractivity contribution in [1.29, 1.82) is 0 Å². The van der Waals surface area contributed by atoms with E-state index in [2.05, 4.69) is 5.32 Å². The van der Waals surface area contributed by atoms with Crippen LogP contribution in [-0.2, 0) is 0 Å². The zero-order chi connectivity index (χ0) is 10.1. The third-order valence-electron chi connectivity index (χ3n) is 2.72. The second-order valence-electron chi connectivity index (χ2n) is 3.85. The topological polar surface area (TPSA) is 32.3 Å². The van der Waals surface area contributed by atoms with E-state index in [-0.39, 0.29) is 0 Å². The van der Waals surface area contributed by atoms with Gasteiger partial charge in [-0.1, -0.05) is 6.92 Å². The van der Waals surface area contributed by atoms with Crippen LogP contribution in [0.5, 0.6) is 0 Å². The number of hydrogen-bond donors (Lipinski definition) is 2. The van der Waals surface area contributed by atoms with Crippen LogP contribution in [0.4, 0.5) is 13.2 Å². The highest BCUT2D eigenvalue weighted by Crippen LogP contribution is 2.39. The number of halogens is 3. The lowest BCUT2D eigenvalue weighted by molar-refractivity contribution is -0.240. The Balaban J connectivity index is 2.67. The first-order chi connectivity index (χ1) is 5.86. The van der Waals surface area contributed by atoms with E-state index in [1.54, 1.807) is 0 Å². The minimum Gasteiger partial charge on any atom is -0.383 e. The van der Waals surface area contributed by atoms with Gasteiger partial charge in [-0.15, -0.1) is 0 Å². The lowest BCUT2D eigenvalue weighted by Crippen LogP contribution is -2.49. The van der Waals surface area contributed by atoms with Crippen molar-refractivity contribution in [3.63, 3.8) is 0 Å². The van der Waals surface area contributed by atoms with Gasteiger partial charge in [-0.25, -0.2) is 0 Å². The number of alkyl halides is 3. The molecule has 0 radical (unpaired) electrons. The molecule has 1 aliphatic rings. The van der Waals surface area contributed by atoms with E-state index in [1.807, 2.05) is 0 Å². The van der Waals surface area contributed by atoms with Crippen LogP contribution >= 0.6 is 0 Å². The Hall–Kier alpha value is -0.290. The van der Waals surface area contributed by atoms with Crippen LogP contribution in [0.25, 0.3) is 0 Å². The van der Waals surface area contributed by atoms with Crippen molar-refractivity contribution < 1.29 is 18.3 Å².